The topological polar surface area (TPSA) is 30.5 Å². The van der Waals surface area contributed by atoms with E-state index < -0.39 is 0 Å². The molecule has 0 saturated heterocycles. The first-order valence-electron chi connectivity index (χ1n) is 8.02. The number of ether oxygens (including phenoxy) is 2. The second-order valence-corrected chi connectivity index (χ2v) is 7.29. The Balaban J connectivity index is 1.61. The molecule has 24 heavy (non-hydrogen) atoms. The zero-order chi connectivity index (χ0) is 16.3. The zero-order valence-electron chi connectivity index (χ0n) is 12.8. The van der Waals surface area contributed by atoms with E-state index in [2.05, 4.69) is 33.4 Å². The normalized spacial score (nSPS) is 26.0. The molecule has 3 aliphatic rings. The Hall–Kier alpha value is -2.01. The summed E-state index contributed by atoms with van der Waals surface area (Å²) >= 11 is 3.68. The van der Waals surface area contributed by atoms with Gasteiger partial charge >= 0.3 is 0 Å². The Bertz CT molecular complexity index is 867. The van der Waals surface area contributed by atoms with Gasteiger partial charge in [0.15, 0.2) is 11.5 Å². The van der Waals surface area contributed by atoms with E-state index in [0.29, 0.717) is 5.92 Å². The number of allylic oxidation sites excluding steroid dienone is 2. The first-order chi connectivity index (χ1) is 11.7. The van der Waals surface area contributed by atoms with Gasteiger partial charge in [-0.1, -0.05) is 28.1 Å². The first kappa shape index (κ1) is 14.3. The third-order valence-corrected chi connectivity index (χ3v) is 5.84. The summed E-state index contributed by atoms with van der Waals surface area (Å²) < 4.78 is 25.7. The molecule has 122 valence electrons. The van der Waals surface area contributed by atoms with Gasteiger partial charge in [-0.15, -0.1) is 0 Å². The molecule has 2 aromatic carbocycles. The lowest BCUT2D eigenvalue weighted by atomic mass is 9.77. The van der Waals surface area contributed by atoms with Gasteiger partial charge in [-0.05, 0) is 53.8 Å². The largest absolute Gasteiger partial charge is 0.454 e. The summed E-state index contributed by atoms with van der Waals surface area (Å²) in [6, 6.07) is 9.15. The molecule has 0 fully saturated rings. The van der Waals surface area contributed by atoms with Crippen LogP contribution < -0.4 is 14.8 Å². The fourth-order valence-corrected chi connectivity index (χ4v) is 4.61. The van der Waals surface area contributed by atoms with E-state index in [0.717, 1.165) is 39.2 Å². The number of fused-ring (bicyclic) bond motifs is 4. The van der Waals surface area contributed by atoms with Gasteiger partial charge in [0.2, 0.25) is 6.79 Å². The van der Waals surface area contributed by atoms with E-state index >= 15 is 0 Å². The van der Waals surface area contributed by atoms with Crippen LogP contribution in [-0.2, 0) is 0 Å². The van der Waals surface area contributed by atoms with Crippen LogP contribution in [0.25, 0.3) is 0 Å². The van der Waals surface area contributed by atoms with Crippen molar-refractivity contribution in [2.75, 3.05) is 12.1 Å². The van der Waals surface area contributed by atoms with Gasteiger partial charge in [-0.3, -0.25) is 0 Å². The summed E-state index contributed by atoms with van der Waals surface area (Å²) in [6.07, 6.45) is 5.38. The van der Waals surface area contributed by atoms with Crippen molar-refractivity contribution in [2.24, 2.45) is 5.92 Å². The number of rotatable bonds is 1. The maximum absolute atomic E-state index is 13.7. The molecule has 5 heteroatoms. The van der Waals surface area contributed by atoms with E-state index in [1.807, 2.05) is 18.2 Å². The van der Waals surface area contributed by atoms with Gasteiger partial charge in [0.25, 0.3) is 0 Å². The van der Waals surface area contributed by atoms with Crippen LogP contribution in [0.5, 0.6) is 11.5 Å². The molecule has 0 aromatic heterocycles. The lowest BCUT2D eigenvalue weighted by Gasteiger charge is -2.38. The third-order valence-electron chi connectivity index (χ3n) is 5.15. The molecule has 0 unspecified atom stereocenters. The van der Waals surface area contributed by atoms with Gasteiger partial charge in [-0.25, -0.2) is 4.39 Å². The molecule has 1 aliphatic carbocycles. The zero-order valence-corrected chi connectivity index (χ0v) is 14.3. The van der Waals surface area contributed by atoms with Gasteiger partial charge in [-0.2, -0.15) is 0 Å². The Morgan fingerprint density at radius 1 is 1.08 bits per heavy atom. The summed E-state index contributed by atoms with van der Waals surface area (Å²) in [4.78, 5) is 0. The van der Waals surface area contributed by atoms with Crippen LogP contribution in [0.15, 0.2) is 47.0 Å². The van der Waals surface area contributed by atoms with Crippen LogP contribution in [0.4, 0.5) is 10.1 Å². The molecule has 3 atom stereocenters. The number of hydrogen-bond acceptors (Lipinski definition) is 3. The number of anilines is 1. The van der Waals surface area contributed by atoms with Crippen molar-refractivity contribution in [3.05, 3.63) is 63.9 Å². The number of nitrogens with one attached hydrogen (secondary N) is 1. The third kappa shape index (κ3) is 2.07. The smallest absolute Gasteiger partial charge is 0.231 e. The minimum Gasteiger partial charge on any atom is -0.454 e. The molecule has 0 bridgehead atoms. The molecule has 2 heterocycles. The van der Waals surface area contributed by atoms with Crippen LogP contribution in [-0.4, -0.2) is 6.79 Å². The monoisotopic (exact) mass is 387 g/mol. The minimum atomic E-state index is -0.183. The summed E-state index contributed by atoms with van der Waals surface area (Å²) in [5, 5.41) is 3.61. The van der Waals surface area contributed by atoms with E-state index in [1.54, 1.807) is 6.07 Å². The van der Waals surface area contributed by atoms with Crippen molar-refractivity contribution in [2.45, 2.75) is 18.4 Å². The van der Waals surface area contributed by atoms with Crippen molar-refractivity contribution in [1.29, 1.82) is 0 Å². The molecule has 2 aromatic rings. The predicted molar refractivity (Wildman–Crippen MR) is 93.0 cm³/mol. The first-order valence-corrected chi connectivity index (χ1v) is 8.82. The Labute approximate surface area is 147 Å². The van der Waals surface area contributed by atoms with Crippen LogP contribution in [0.1, 0.15) is 29.5 Å². The Morgan fingerprint density at radius 3 is 2.79 bits per heavy atom. The molecule has 5 rings (SSSR count). The lowest BCUT2D eigenvalue weighted by Crippen LogP contribution is -2.29. The van der Waals surface area contributed by atoms with E-state index in [9.17, 15) is 4.39 Å². The molecule has 2 aliphatic heterocycles. The summed E-state index contributed by atoms with van der Waals surface area (Å²) in [5.41, 5.74) is 3.19. The van der Waals surface area contributed by atoms with Crippen LogP contribution in [0.2, 0.25) is 0 Å². The van der Waals surface area contributed by atoms with Crippen LogP contribution in [0.3, 0.4) is 0 Å². The van der Waals surface area contributed by atoms with Crippen molar-refractivity contribution >= 4 is 21.6 Å². The molecule has 0 radical (unpaired) electrons. The Kier molecular flexibility index (Phi) is 3.13. The predicted octanol–water partition coefficient (Wildman–Crippen LogP) is 5.14. The maximum atomic E-state index is 13.7. The highest BCUT2D eigenvalue weighted by Gasteiger charge is 2.39. The van der Waals surface area contributed by atoms with E-state index in [1.165, 1.54) is 6.07 Å². The number of hydrogen-bond donors (Lipinski definition) is 1. The SMILES string of the molecule is Fc1ccc2c(c1)[C@@H]1C=CC[C@@H]1[C@@H](c1cc3c(cc1Br)OCO3)N2. The van der Waals surface area contributed by atoms with Gasteiger partial charge < -0.3 is 14.8 Å². The van der Waals surface area contributed by atoms with Gasteiger partial charge in [0, 0.05) is 16.1 Å². The molecule has 0 saturated carbocycles. The lowest BCUT2D eigenvalue weighted by molar-refractivity contribution is 0.174. The molecule has 0 spiro atoms. The maximum Gasteiger partial charge on any atom is 0.231 e. The fraction of sp³-hybridized carbons (Fsp3) is 0.263. The van der Waals surface area contributed by atoms with Crippen molar-refractivity contribution in [3.63, 3.8) is 0 Å². The highest BCUT2D eigenvalue weighted by atomic mass is 79.9. The standard InChI is InChI=1S/C19H15BrFNO2/c20-15-8-18-17(23-9-24-18)7-14(15)19-12-3-1-2-11(12)13-6-10(21)4-5-16(13)22-19/h1-2,4-8,11-12,19,22H,3,9H2/t11-,12+,19+/m1/s1. The molecular formula is C19H15BrFNO2. The fourth-order valence-electron chi connectivity index (χ4n) is 4.04. The van der Waals surface area contributed by atoms with Crippen molar-refractivity contribution in [3.8, 4) is 11.5 Å². The Morgan fingerprint density at radius 2 is 1.92 bits per heavy atom. The second kappa shape index (κ2) is 5.24. The molecular weight excluding hydrogens is 373 g/mol. The minimum absolute atomic E-state index is 0.131. The van der Waals surface area contributed by atoms with Gasteiger partial charge in [0.05, 0.1) is 6.04 Å². The van der Waals surface area contributed by atoms with Crippen LogP contribution >= 0.6 is 15.9 Å². The van der Waals surface area contributed by atoms with Gasteiger partial charge in [0.1, 0.15) is 5.82 Å². The summed E-state index contributed by atoms with van der Waals surface area (Å²) in [7, 11) is 0. The highest BCUT2D eigenvalue weighted by molar-refractivity contribution is 9.10. The van der Waals surface area contributed by atoms with Crippen molar-refractivity contribution in [1.82, 2.24) is 0 Å². The van der Waals surface area contributed by atoms with Crippen LogP contribution in [0, 0.1) is 11.7 Å². The number of halogens is 2. The summed E-state index contributed by atoms with van der Waals surface area (Å²) in [5.74, 6) is 1.96. The second-order valence-electron chi connectivity index (χ2n) is 6.43. The molecule has 1 N–H and O–H groups in total. The highest BCUT2D eigenvalue weighted by Crippen LogP contribution is 2.52. The molecule has 0 amide bonds. The van der Waals surface area contributed by atoms with E-state index in [-0.39, 0.29) is 24.6 Å². The number of benzene rings is 2. The quantitative estimate of drug-likeness (QED) is 0.686. The van der Waals surface area contributed by atoms with E-state index in [4.69, 9.17) is 9.47 Å². The van der Waals surface area contributed by atoms with Crippen molar-refractivity contribution < 1.29 is 13.9 Å². The molecule has 3 nitrogen and oxygen atoms in total. The average Bonchev–Trinajstić information content (AvgIpc) is 3.22. The summed E-state index contributed by atoms with van der Waals surface area (Å²) in [6.45, 7) is 0.263. The average molecular weight is 388 g/mol.